The number of benzene rings is 1. The summed E-state index contributed by atoms with van der Waals surface area (Å²) < 4.78 is 5.93. The van der Waals surface area contributed by atoms with Gasteiger partial charge in [-0.2, -0.15) is 0 Å². The van der Waals surface area contributed by atoms with Gasteiger partial charge in [0.05, 0.1) is 0 Å². The minimum atomic E-state index is 0.0610. The Morgan fingerprint density at radius 3 is 2.88 bits per heavy atom. The van der Waals surface area contributed by atoms with Crippen molar-refractivity contribution in [2.24, 2.45) is 5.73 Å². The molecule has 92 valence electrons. The summed E-state index contributed by atoms with van der Waals surface area (Å²) in [4.78, 5) is 2.40. The van der Waals surface area contributed by atoms with Gasteiger partial charge in [0.1, 0.15) is 11.9 Å². The SMILES string of the molecule is CCC1(N)CN(CC2Cc3ccccc3O2)C1. The molecule has 2 aliphatic rings. The highest BCUT2D eigenvalue weighted by atomic mass is 16.5. The molecule has 2 heterocycles. The van der Waals surface area contributed by atoms with E-state index in [9.17, 15) is 0 Å². The summed E-state index contributed by atoms with van der Waals surface area (Å²) in [6, 6.07) is 8.33. The lowest BCUT2D eigenvalue weighted by Gasteiger charge is -2.48. The Balaban J connectivity index is 1.54. The van der Waals surface area contributed by atoms with E-state index in [1.807, 2.05) is 6.07 Å². The molecule has 1 atom stereocenters. The van der Waals surface area contributed by atoms with Crippen LogP contribution in [-0.4, -0.2) is 36.2 Å². The van der Waals surface area contributed by atoms with E-state index in [0.29, 0.717) is 6.10 Å². The monoisotopic (exact) mass is 232 g/mol. The molecule has 1 aromatic rings. The maximum atomic E-state index is 6.17. The zero-order valence-corrected chi connectivity index (χ0v) is 10.4. The van der Waals surface area contributed by atoms with E-state index in [-0.39, 0.29) is 5.54 Å². The molecule has 3 rings (SSSR count). The molecule has 1 fully saturated rings. The van der Waals surface area contributed by atoms with Crippen LogP contribution < -0.4 is 10.5 Å². The van der Waals surface area contributed by atoms with Crippen LogP contribution in [0.4, 0.5) is 0 Å². The molecule has 3 heteroatoms. The van der Waals surface area contributed by atoms with Crippen molar-refractivity contribution >= 4 is 0 Å². The maximum absolute atomic E-state index is 6.17. The van der Waals surface area contributed by atoms with Crippen LogP contribution in [0, 0.1) is 0 Å². The van der Waals surface area contributed by atoms with Crippen molar-refractivity contribution in [3.8, 4) is 5.75 Å². The molecule has 0 radical (unpaired) electrons. The summed E-state index contributed by atoms with van der Waals surface area (Å²) in [5, 5.41) is 0. The second-order valence-corrected chi connectivity index (χ2v) is 5.44. The lowest BCUT2D eigenvalue weighted by molar-refractivity contribution is 0.0350. The highest BCUT2D eigenvalue weighted by Crippen LogP contribution is 2.30. The van der Waals surface area contributed by atoms with Crippen molar-refractivity contribution in [3.63, 3.8) is 0 Å². The molecule has 2 N–H and O–H groups in total. The number of ether oxygens (including phenoxy) is 1. The number of fused-ring (bicyclic) bond motifs is 1. The van der Waals surface area contributed by atoms with Crippen molar-refractivity contribution in [2.75, 3.05) is 19.6 Å². The molecule has 2 aliphatic heterocycles. The molecule has 0 bridgehead atoms. The Labute approximate surface area is 103 Å². The fraction of sp³-hybridized carbons (Fsp3) is 0.571. The second kappa shape index (κ2) is 4.00. The molecule has 0 spiro atoms. The molecule has 1 saturated heterocycles. The van der Waals surface area contributed by atoms with Crippen LogP contribution in [0.1, 0.15) is 18.9 Å². The van der Waals surface area contributed by atoms with E-state index >= 15 is 0 Å². The van der Waals surface area contributed by atoms with Gasteiger partial charge in [-0.3, -0.25) is 4.90 Å². The van der Waals surface area contributed by atoms with Crippen LogP contribution in [0.15, 0.2) is 24.3 Å². The number of rotatable bonds is 3. The number of para-hydroxylation sites is 1. The standard InChI is InChI=1S/C14H20N2O/c1-2-14(15)9-16(10-14)8-12-7-11-5-3-4-6-13(11)17-12/h3-6,12H,2,7-10,15H2,1H3. The summed E-state index contributed by atoms with van der Waals surface area (Å²) in [6.07, 6.45) is 2.42. The van der Waals surface area contributed by atoms with E-state index in [1.165, 1.54) is 5.56 Å². The smallest absolute Gasteiger partial charge is 0.123 e. The number of nitrogens with two attached hydrogens (primary N) is 1. The first-order valence-electron chi connectivity index (χ1n) is 6.44. The quantitative estimate of drug-likeness (QED) is 0.856. The topological polar surface area (TPSA) is 38.5 Å². The third-order valence-electron chi connectivity index (χ3n) is 3.96. The van der Waals surface area contributed by atoms with Gasteiger partial charge in [-0.05, 0) is 18.1 Å². The predicted molar refractivity (Wildman–Crippen MR) is 68.2 cm³/mol. The van der Waals surface area contributed by atoms with Gasteiger partial charge in [0.2, 0.25) is 0 Å². The molecular weight excluding hydrogens is 212 g/mol. The first kappa shape index (κ1) is 11.1. The van der Waals surface area contributed by atoms with Gasteiger partial charge in [-0.1, -0.05) is 25.1 Å². The van der Waals surface area contributed by atoms with Gasteiger partial charge in [-0.15, -0.1) is 0 Å². The molecule has 3 nitrogen and oxygen atoms in total. The number of likely N-dealkylation sites (tertiary alicyclic amines) is 1. The Morgan fingerprint density at radius 2 is 2.18 bits per heavy atom. The molecule has 0 aliphatic carbocycles. The van der Waals surface area contributed by atoms with Crippen LogP contribution in [0.5, 0.6) is 5.75 Å². The van der Waals surface area contributed by atoms with Gasteiger partial charge in [0.25, 0.3) is 0 Å². The van der Waals surface area contributed by atoms with Gasteiger partial charge in [0, 0.05) is 31.6 Å². The lowest BCUT2D eigenvalue weighted by atomic mass is 9.88. The number of hydrogen-bond acceptors (Lipinski definition) is 3. The molecule has 0 aromatic heterocycles. The summed E-state index contributed by atoms with van der Waals surface area (Å²) in [7, 11) is 0. The zero-order valence-electron chi connectivity index (χ0n) is 10.4. The summed E-state index contributed by atoms with van der Waals surface area (Å²) in [5.41, 5.74) is 7.57. The third kappa shape index (κ3) is 2.05. The Morgan fingerprint density at radius 1 is 1.41 bits per heavy atom. The Bertz CT molecular complexity index is 387. The van der Waals surface area contributed by atoms with Crippen molar-refractivity contribution in [1.82, 2.24) is 4.90 Å². The molecule has 0 amide bonds. The van der Waals surface area contributed by atoms with E-state index in [2.05, 4.69) is 30.0 Å². The average molecular weight is 232 g/mol. The maximum Gasteiger partial charge on any atom is 0.123 e. The van der Waals surface area contributed by atoms with Crippen molar-refractivity contribution < 1.29 is 4.74 Å². The second-order valence-electron chi connectivity index (χ2n) is 5.44. The van der Waals surface area contributed by atoms with Gasteiger partial charge < -0.3 is 10.5 Å². The molecule has 17 heavy (non-hydrogen) atoms. The van der Waals surface area contributed by atoms with Gasteiger partial charge in [-0.25, -0.2) is 0 Å². The normalized spacial score (nSPS) is 26.1. The van der Waals surface area contributed by atoms with Crippen molar-refractivity contribution in [3.05, 3.63) is 29.8 Å². The first-order chi connectivity index (χ1) is 8.18. The van der Waals surface area contributed by atoms with Gasteiger partial charge in [0.15, 0.2) is 0 Å². The van der Waals surface area contributed by atoms with E-state index in [4.69, 9.17) is 10.5 Å². The van der Waals surface area contributed by atoms with Crippen LogP contribution >= 0.6 is 0 Å². The minimum Gasteiger partial charge on any atom is -0.488 e. The summed E-state index contributed by atoms with van der Waals surface area (Å²) >= 11 is 0. The highest BCUT2D eigenvalue weighted by molar-refractivity contribution is 5.37. The van der Waals surface area contributed by atoms with E-state index < -0.39 is 0 Å². The van der Waals surface area contributed by atoms with E-state index in [1.54, 1.807) is 0 Å². The first-order valence-corrected chi connectivity index (χ1v) is 6.44. The Kier molecular flexibility index (Phi) is 2.60. The van der Waals surface area contributed by atoms with Gasteiger partial charge >= 0.3 is 0 Å². The number of nitrogens with zero attached hydrogens (tertiary/aromatic N) is 1. The fourth-order valence-electron chi connectivity index (χ4n) is 2.84. The molecule has 1 unspecified atom stereocenters. The van der Waals surface area contributed by atoms with Crippen LogP contribution in [0.2, 0.25) is 0 Å². The largest absolute Gasteiger partial charge is 0.488 e. The lowest BCUT2D eigenvalue weighted by Crippen LogP contribution is -2.67. The van der Waals surface area contributed by atoms with Crippen LogP contribution in [-0.2, 0) is 6.42 Å². The van der Waals surface area contributed by atoms with Crippen molar-refractivity contribution in [1.29, 1.82) is 0 Å². The zero-order chi connectivity index (χ0) is 11.9. The number of hydrogen-bond donors (Lipinski definition) is 1. The van der Waals surface area contributed by atoms with Crippen LogP contribution in [0.3, 0.4) is 0 Å². The highest BCUT2D eigenvalue weighted by Gasteiger charge is 2.39. The fourth-order valence-corrected chi connectivity index (χ4v) is 2.84. The molecule has 1 aromatic carbocycles. The third-order valence-corrected chi connectivity index (χ3v) is 3.96. The average Bonchev–Trinajstić information content (AvgIpc) is 2.69. The molecular formula is C14H20N2O. The minimum absolute atomic E-state index is 0.0610. The van der Waals surface area contributed by atoms with Crippen molar-refractivity contribution in [2.45, 2.75) is 31.4 Å². The summed E-state index contributed by atoms with van der Waals surface area (Å²) in [6.45, 7) is 5.20. The van der Waals surface area contributed by atoms with E-state index in [0.717, 1.165) is 38.2 Å². The summed E-state index contributed by atoms with van der Waals surface area (Å²) in [5.74, 6) is 1.06. The Hall–Kier alpha value is -1.06. The van der Waals surface area contributed by atoms with Crippen LogP contribution in [0.25, 0.3) is 0 Å². The predicted octanol–water partition coefficient (Wildman–Crippen LogP) is 1.41. The molecule has 0 saturated carbocycles.